The fourth-order valence-electron chi connectivity index (χ4n) is 2.69. The van der Waals surface area contributed by atoms with Crippen molar-refractivity contribution in [2.24, 2.45) is 5.92 Å². The SMILES string of the molecule is C1C2CC3C1[NH+]3C2.[Br-]. The Labute approximate surface area is 59.8 Å². The van der Waals surface area contributed by atoms with Crippen LogP contribution in [0.4, 0.5) is 0 Å². The fraction of sp³-hybridized carbons (Fsp3) is 1.00. The molecule has 2 heteroatoms. The highest BCUT2D eigenvalue weighted by Gasteiger charge is 2.67. The van der Waals surface area contributed by atoms with E-state index in [0.717, 1.165) is 0 Å². The Kier molecular flexibility index (Phi) is 0.848. The van der Waals surface area contributed by atoms with E-state index in [1.165, 1.54) is 24.5 Å². The van der Waals surface area contributed by atoms with Crippen molar-refractivity contribution in [1.29, 1.82) is 0 Å². The van der Waals surface area contributed by atoms with Crippen molar-refractivity contribution >= 4 is 0 Å². The maximum Gasteiger partial charge on any atom is 0.141 e. The van der Waals surface area contributed by atoms with E-state index in [1.807, 2.05) is 4.90 Å². The summed E-state index contributed by atoms with van der Waals surface area (Å²) in [6.45, 7) is 1.54. The molecule has 2 unspecified atom stereocenters. The molecule has 4 aliphatic rings. The van der Waals surface area contributed by atoms with Gasteiger partial charge in [0.25, 0.3) is 0 Å². The van der Waals surface area contributed by atoms with Crippen molar-refractivity contribution in [3.63, 3.8) is 0 Å². The number of nitrogens with one attached hydrogen (secondary N) is 1. The van der Waals surface area contributed by atoms with Gasteiger partial charge in [0.2, 0.25) is 0 Å². The minimum absolute atomic E-state index is 0. The first-order chi connectivity index (χ1) is 3.45. The van der Waals surface area contributed by atoms with Crippen LogP contribution in [-0.2, 0) is 0 Å². The third-order valence-corrected chi connectivity index (χ3v) is 3.03. The number of quaternary nitrogens is 1. The third kappa shape index (κ3) is 0.378. The molecular weight excluding hydrogens is 166 g/mol. The molecule has 0 aromatic carbocycles. The van der Waals surface area contributed by atoms with Gasteiger partial charge in [-0.15, -0.1) is 0 Å². The number of piperidine rings is 3. The molecule has 1 saturated carbocycles. The summed E-state index contributed by atoms with van der Waals surface area (Å²) in [5, 5.41) is 0. The van der Waals surface area contributed by atoms with Crippen LogP contribution >= 0.6 is 0 Å². The van der Waals surface area contributed by atoms with Crippen molar-refractivity contribution in [2.45, 2.75) is 24.9 Å². The monoisotopic (exact) mass is 175 g/mol. The Hall–Kier alpha value is 0.440. The van der Waals surface area contributed by atoms with Gasteiger partial charge < -0.3 is 21.9 Å². The highest BCUT2D eigenvalue weighted by Crippen LogP contribution is 2.36. The van der Waals surface area contributed by atoms with Gasteiger partial charge in [-0.05, 0) is 0 Å². The molecule has 4 fully saturated rings. The standard InChI is InChI=1S/C6H9N.BrH/c1-4-2-6-5(1)7(6)3-4;/h4-6H,1-3H2;1H. The second-order valence-corrected chi connectivity index (χ2v) is 3.33. The van der Waals surface area contributed by atoms with Crippen LogP contribution in [0.3, 0.4) is 0 Å². The zero-order chi connectivity index (χ0) is 4.43. The summed E-state index contributed by atoms with van der Waals surface area (Å²) >= 11 is 0. The Bertz CT molecular complexity index is 95.9. The van der Waals surface area contributed by atoms with Crippen molar-refractivity contribution in [1.82, 2.24) is 0 Å². The van der Waals surface area contributed by atoms with E-state index in [1.54, 1.807) is 12.8 Å². The van der Waals surface area contributed by atoms with Crippen LogP contribution < -0.4 is 21.9 Å². The number of rotatable bonds is 0. The largest absolute Gasteiger partial charge is 1.00 e. The van der Waals surface area contributed by atoms with E-state index < -0.39 is 0 Å². The van der Waals surface area contributed by atoms with Gasteiger partial charge in [-0.25, -0.2) is 0 Å². The van der Waals surface area contributed by atoms with E-state index in [-0.39, 0.29) is 17.0 Å². The third-order valence-electron chi connectivity index (χ3n) is 3.03. The van der Waals surface area contributed by atoms with Gasteiger partial charge >= 0.3 is 0 Å². The lowest BCUT2D eigenvalue weighted by molar-refractivity contribution is -0.769. The van der Waals surface area contributed by atoms with Gasteiger partial charge in [0, 0.05) is 18.8 Å². The minimum atomic E-state index is 0. The molecule has 3 heterocycles. The second kappa shape index (κ2) is 1.29. The number of hydrogen-bond acceptors (Lipinski definition) is 0. The molecule has 0 aromatic rings. The molecule has 0 radical (unpaired) electrons. The van der Waals surface area contributed by atoms with Crippen LogP contribution in [0.1, 0.15) is 12.8 Å². The quantitative estimate of drug-likeness (QED) is 0.359. The van der Waals surface area contributed by atoms with E-state index in [2.05, 4.69) is 0 Å². The topological polar surface area (TPSA) is 4.44 Å². The summed E-state index contributed by atoms with van der Waals surface area (Å²) in [6, 6.07) is 2.34. The van der Waals surface area contributed by atoms with Crippen LogP contribution in [-0.4, -0.2) is 18.6 Å². The molecule has 4 bridgehead atoms. The van der Waals surface area contributed by atoms with Gasteiger partial charge in [-0.3, -0.25) is 0 Å². The predicted molar refractivity (Wildman–Crippen MR) is 26.1 cm³/mol. The van der Waals surface area contributed by atoms with Crippen molar-refractivity contribution in [3.05, 3.63) is 0 Å². The lowest BCUT2D eigenvalue weighted by Crippen LogP contribution is -3.00. The zero-order valence-corrected chi connectivity index (χ0v) is 6.32. The summed E-state index contributed by atoms with van der Waals surface area (Å²) in [4.78, 5) is 1.95. The van der Waals surface area contributed by atoms with Crippen LogP contribution in [0.25, 0.3) is 0 Å². The average Bonchev–Trinajstić information content (AvgIpc) is 2.10. The molecule has 3 saturated heterocycles. The van der Waals surface area contributed by atoms with Gasteiger partial charge in [0.05, 0.1) is 6.54 Å². The first kappa shape index (κ1) is 5.24. The molecule has 8 heavy (non-hydrogen) atoms. The smallest absolute Gasteiger partial charge is 0.141 e. The molecule has 0 amide bonds. The molecule has 1 nitrogen and oxygen atoms in total. The molecule has 3 aliphatic heterocycles. The Morgan fingerprint density at radius 1 is 1.12 bits per heavy atom. The Morgan fingerprint density at radius 2 is 1.75 bits per heavy atom. The molecule has 2 atom stereocenters. The van der Waals surface area contributed by atoms with Gasteiger partial charge in [0.1, 0.15) is 12.1 Å². The molecule has 0 spiro atoms. The first-order valence-electron chi connectivity index (χ1n) is 3.31. The van der Waals surface area contributed by atoms with Gasteiger partial charge in [0.15, 0.2) is 0 Å². The lowest BCUT2D eigenvalue weighted by Gasteiger charge is -1.84. The van der Waals surface area contributed by atoms with Crippen molar-refractivity contribution in [3.8, 4) is 0 Å². The molecule has 1 N–H and O–H groups in total. The van der Waals surface area contributed by atoms with Crippen LogP contribution in [0, 0.1) is 5.92 Å². The summed E-state index contributed by atoms with van der Waals surface area (Å²) in [5.74, 6) is 1.17. The zero-order valence-electron chi connectivity index (χ0n) is 4.73. The average molecular weight is 176 g/mol. The molecular formula is C6H10BrN. The minimum Gasteiger partial charge on any atom is -1.00 e. The molecule has 1 aliphatic carbocycles. The Balaban J connectivity index is 0.000000270. The maximum atomic E-state index is 1.95. The summed E-state index contributed by atoms with van der Waals surface area (Å²) in [6.07, 6.45) is 3.17. The number of halogens is 1. The summed E-state index contributed by atoms with van der Waals surface area (Å²) < 4.78 is 0. The highest BCUT2D eigenvalue weighted by atomic mass is 79.9. The van der Waals surface area contributed by atoms with Crippen LogP contribution in [0.15, 0.2) is 0 Å². The normalized spacial score (nSPS) is 63.0. The molecule has 46 valence electrons. The summed E-state index contributed by atoms with van der Waals surface area (Å²) in [7, 11) is 0. The van der Waals surface area contributed by atoms with Crippen LogP contribution in [0.2, 0.25) is 0 Å². The van der Waals surface area contributed by atoms with E-state index in [0.29, 0.717) is 0 Å². The Morgan fingerprint density at radius 3 is 1.88 bits per heavy atom. The first-order valence-corrected chi connectivity index (χ1v) is 3.31. The lowest BCUT2D eigenvalue weighted by atomic mass is 10.2. The number of hydrogen-bond donors (Lipinski definition) is 1. The molecule has 0 aromatic heterocycles. The van der Waals surface area contributed by atoms with Gasteiger partial charge in [-0.1, -0.05) is 0 Å². The fourth-order valence-corrected chi connectivity index (χ4v) is 2.69. The van der Waals surface area contributed by atoms with Crippen molar-refractivity contribution < 1.29 is 21.9 Å². The highest BCUT2D eigenvalue weighted by molar-refractivity contribution is 4.98. The van der Waals surface area contributed by atoms with E-state index in [9.17, 15) is 0 Å². The maximum absolute atomic E-state index is 1.95. The van der Waals surface area contributed by atoms with Crippen molar-refractivity contribution in [2.75, 3.05) is 6.54 Å². The van der Waals surface area contributed by atoms with E-state index >= 15 is 0 Å². The van der Waals surface area contributed by atoms with Gasteiger partial charge in [-0.2, -0.15) is 0 Å². The molecule has 4 rings (SSSR count). The second-order valence-electron chi connectivity index (χ2n) is 3.33. The van der Waals surface area contributed by atoms with E-state index in [4.69, 9.17) is 0 Å². The summed E-state index contributed by atoms with van der Waals surface area (Å²) in [5.41, 5.74) is 0. The van der Waals surface area contributed by atoms with Crippen LogP contribution in [0.5, 0.6) is 0 Å². The predicted octanol–water partition coefficient (Wildman–Crippen LogP) is -3.95.